The molecule has 0 aliphatic carbocycles. The van der Waals surface area contributed by atoms with Crippen LogP contribution in [-0.4, -0.2) is 47.7 Å². The lowest BCUT2D eigenvalue weighted by atomic mass is 10.00. The fourth-order valence-corrected chi connectivity index (χ4v) is 3.31. The minimum Gasteiger partial charge on any atom is -0.394 e. The summed E-state index contributed by atoms with van der Waals surface area (Å²) in [4.78, 5) is 14.3. The summed E-state index contributed by atoms with van der Waals surface area (Å²) in [5, 5.41) is 12.9. The van der Waals surface area contributed by atoms with Crippen LogP contribution >= 0.6 is 0 Å². The summed E-state index contributed by atoms with van der Waals surface area (Å²) in [7, 11) is 0. The van der Waals surface area contributed by atoms with E-state index in [0.29, 0.717) is 12.5 Å². The Kier molecular flexibility index (Phi) is 6.11. The predicted octanol–water partition coefficient (Wildman–Crippen LogP) is 1.67. The van der Waals surface area contributed by atoms with Crippen LogP contribution < -0.4 is 5.32 Å². The van der Waals surface area contributed by atoms with Gasteiger partial charge < -0.3 is 15.3 Å². The first-order valence-corrected chi connectivity index (χ1v) is 7.95. The van der Waals surface area contributed by atoms with Crippen molar-refractivity contribution in [2.75, 3.05) is 19.7 Å². The average Bonchev–Trinajstić information content (AvgIpc) is 2.71. The SMILES string of the molecule is O=C(CCC1CCCCN1)N1CCCCCC1CO. The van der Waals surface area contributed by atoms with E-state index >= 15 is 0 Å². The fraction of sp³-hybridized carbons (Fsp3) is 0.933. The molecule has 4 heteroatoms. The van der Waals surface area contributed by atoms with E-state index in [1.807, 2.05) is 4.90 Å². The summed E-state index contributed by atoms with van der Waals surface area (Å²) >= 11 is 0. The number of hydrogen-bond acceptors (Lipinski definition) is 3. The molecule has 0 bridgehead atoms. The third-order valence-corrected chi connectivity index (χ3v) is 4.53. The maximum atomic E-state index is 12.3. The molecule has 2 rings (SSSR count). The fourth-order valence-electron chi connectivity index (χ4n) is 3.31. The van der Waals surface area contributed by atoms with Crippen LogP contribution in [0.4, 0.5) is 0 Å². The van der Waals surface area contributed by atoms with Gasteiger partial charge in [0.1, 0.15) is 0 Å². The molecule has 0 spiro atoms. The third kappa shape index (κ3) is 4.46. The number of aliphatic hydroxyl groups excluding tert-OH is 1. The van der Waals surface area contributed by atoms with E-state index in [0.717, 1.165) is 38.8 Å². The Hall–Kier alpha value is -0.610. The summed E-state index contributed by atoms with van der Waals surface area (Å²) in [6.07, 6.45) is 9.72. The lowest BCUT2D eigenvalue weighted by Crippen LogP contribution is -2.43. The second kappa shape index (κ2) is 7.85. The molecule has 110 valence electrons. The van der Waals surface area contributed by atoms with Gasteiger partial charge >= 0.3 is 0 Å². The van der Waals surface area contributed by atoms with Crippen molar-refractivity contribution in [2.45, 2.75) is 69.9 Å². The van der Waals surface area contributed by atoms with Gasteiger partial charge in [0.05, 0.1) is 12.6 Å². The third-order valence-electron chi connectivity index (χ3n) is 4.53. The lowest BCUT2D eigenvalue weighted by molar-refractivity contribution is -0.134. The highest BCUT2D eigenvalue weighted by molar-refractivity contribution is 5.76. The van der Waals surface area contributed by atoms with Crippen molar-refractivity contribution in [1.82, 2.24) is 10.2 Å². The maximum Gasteiger partial charge on any atom is 0.222 e. The van der Waals surface area contributed by atoms with Crippen molar-refractivity contribution in [1.29, 1.82) is 0 Å². The molecule has 0 radical (unpaired) electrons. The van der Waals surface area contributed by atoms with Crippen molar-refractivity contribution in [3.63, 3.8) is 0 Å². The van der Waals surface area contributed by atoms with Crippen molar-refractivity contribution in [3.8, 4) is 0 Å². The van der Waals surface area contributed by atoms with Crippen LogP contribution in [0.1, 0.15) is 57.8 Å². The van der Waals surface area contributed by atoms with E-state index in [9.17, 15) is 9.90 Å². The van der Waals surface area contributed by atoms with Crippen LogP contribution in [0.15, 0.2) is 0 Å². The average molecular weight is 268 g/mol. The van der Waals surface area contributed by atoms with E-state index < -0.39 is 0 Å². The van der Waals surface area contributed by atoms with Gasteiger partial charge in [0.2, 0.25) is 5.91 Å². The normalized spacial score (nSPS) is 29.0. The zero-order chi connectivity index (χ0) is 13.5. The Bertz CT molecular complexity index is 277. The van der Waals surface area contributed by atoms with Gasteiger partial charge in [-0.05, 0) is 38.6 Å². The van der Waals surface area contributed by atoms with E-state index in [1.54, 1.807) is 0 Å². The van der Waals surface area contributed by atoms with Crippen molar-refractivity contribution < 1.29 is 9.90 Å². The molecule has 1 amide bonds. The number of carbonyl (C=O) groups excluding carboxylic acids is 1. The molecule has 2 aliphatic rings. The molecule has 19 heavy (non-hydrogen) atoms. The molecular formula is C15H28N2O2. The first-order valence-electron chi connectivity index (χ1n) is 7.95. The van der Waals surface area contributed by atoms with Gasteiger partial charge in [0, 0.05) is 19.0 Å². The lowest BCUT2D eigenvalue weighted by Gasteiger charge is -2.30. The van der Waals surface area contributed by atoms with Gasteiger partial charge in [-0.3, -0.25) is 4.79 Å². The zero-order valence-electron chi connectivity index (χ0n) is 11.9. The molecule has 2 heterocycles. The van der Waals surface area contributed by atoms with Crippen LogP contribution in [0.2, 0.25) is 0 Å². The topological polar surface area (TPSA) is 52.6 Å². The number of nitrogens with zero attached hydrogens (tertiary/aromatic N) is 1. The Balaban J connectivity index is 1.79. The summed E-state index contributed by atoms with van der Waals surface area (Å²) in [6, 6.07) is 0.589. The molecule has 2 atom stereocenters. The summed E-state index contributed by atoms with van der Waals surface area (Å²) < 4.78 is 0. The number of likely N-dealkylation sites (tertiary alicyclic amines) is 1. The van der Waals surface area contributed by atoms with Crippen LogP contribution in [0.3, 0.4) is 0 Å². The molecule has 2 aliphatic heterocycles. The zero-order valence-corrected chi connectivity index (χ0v) is 11.9. The number of rotatable bonds is 4. The van der Waals surface area contributed by atoms with Crippen molar-refractivity contribution in [3.05, 3.63) is 0 Å². The first-order chi connectivity index (χ1) is 9.31. The summed E-state index contributed by atoms with van der Waals surface area (Å²) in [5.74, 6) is 0.244. The summed E-state index contributed by atoms with van der Waals surface area (Å²) in [5.41, 5.74) is 0. The smallest absolute Gasteiger partial charge is 0.222 e. The van der Waals surface area contributed by atoms with Crippen molar-refractivity contribution in [2.24, 2.45) is 0 Å². The Labute approximate surface area is 116 Å². The monoisotopic (exact) mass is 268 g/mol. The Morgan fingerprint density at radius 1 is 1.16 bits per heavy atom. The molecule has 2 unspecified atom stereocenters. The number of nitrogens with one attached hydrogen (secondary N) is 1. The highest BCUT2D eigenvalue weighted by Crippen LogP contribution is 2.19. The molecule has 0 aromatic heterocycles. The Morgan fingerprint density at radius 3 is 2.74 bits per heavy atom. The highest BCUT2D eigenvalue weighted by Gasteiger charge is 2.25. The number of carbonyl (C=O) groups is 1. The predicted molar refractivity (Wildman–Crippen MR) is 75.9 cm³/mol. The van der Waals surface area contributed by atoms with Gasteiger partial charge in [0.15, 0.2) is 0 Å². The molecule has 0 aromatic carbocycles. The summed E-state index contributed by atoms with van der Waals surface area (Å²) in [6.45, 7) is 2.05. The van der Waals surface area contributed by atoms with E-state index in [2.05, 4.69) is 5.32 Å². The van der Waals surface area contributed by atoms with Crippen LogP contribution in [-0.2, 0) is 4.79 Å². The van der Waals surface area contributed by atoms with Gasteiger partial charge in [-0.2, -0.15) is 0 Å². The van der Waals surface area contributed by atoms with Gasteiger partial charge in [-0.1, -0.05) is 19.3 Å². The maximum absolute atomic E-state index is 12.3. The standard InChI is InChI=1S/C15H28N2O2/c18-12-14-7-2-1-5-11-17(14)15(19)9-8-13-6-3-4-10-16-13/h13-14,16,18H,1-12H2. The van der Waals surface area contributed by atoms with E-state index in [1.165, 1.54) is 25.7 Å². The Morgan fingerprint density at radius 2 is 2.00 bits per heavy atom. The number of amides is 1. The minimum absolute atomic E-state index is 0.0642. The minimum atomic E-state index is 0.0642. The largest absolute Gasteiger partial charge is 0.394 e. The van der Waals surface area contributed by atoms with E-state index in [-0.39, 0.29) is 18.6 Å². The van der Waals surface area contributed by atoms with Gasteiger partial charge in [-0.15, -0.1) is 0 Å². The second-order valence-electron chi connectivity index (χ2n) is 5.96. The van der Waals surface area contributed by atoms with Gasteiger partial charge in [-0.25, -0.2) is 0 Å². The molecule has 2 saturated heterocycles. The first kappa shape index (κ1) is 14.8. The molecule has 0 saturated carbocycles. The molecule has 0 aromatic rings. The van der Waals surface area contributed by atoms with E-state index in [4.69, 9.17) is 0 Å². The highest BCUT2D eigenvalue weighted by atomic mass is 16.3. The van der Waals surface area contributed by atoms with Crippen molar-refractivity contribution >= 4 is 5.91 Å². The number of piperidine rings is 1. The second-order valence-corrected chi connectivity index (χ2v) is 5.96. The number of aliphatic hydroxyl groups is 1. The van der Waals surface area contributed by atoms with Gasteiger partial charge in [0.25, 0.3) is 0 Å². The quantitative estimate of drug-likeness (QED) is 0.815. The molecular weight excluding hydrogens is 240 g/mol. The number of hydrogen-bond donors (Lipinski definition) is 2. The van der Waals surface area contributed by atoms with Crippen LogP contribution in [0.5, 0.6) is 0 Å². The molecule has 2 N–H and O–H groups in total. The molecule has 4 nitrogen and oxygen atoms in total. The van der Waals surface area contributed by atoms with Crippen LogP contribution in [0, 0.1) is 0 Å². The molecule has 2 fully saturated rings. The van der Waals surface area contributed by atoms with Crippen LogP contribution in [0.25, 0.3) is 0 Å².